The van der Waals surface area contributed by atoms with Crippen molar-refractivity contribution < 1.29 is 9.90 Å². The van der Waals surface area contributed by atoms with Gasteiger partial charge in [-0.05, 0) is 19.3 Å². The molecule has 0 amide bonds. The third-order valence-corrected chi connectivity index (χ3v) is 2.49. The smallest absolute Gasteiger partial charge is 0.358 e. The number of carboxylic acids is 1. The molecule has 0 aromatic carbocycles. The molecule has 15 heavy (non-hydrogen) atoms. The minimum absolute atomic E-state index is 0.0744. The van der Waals surface area contributed by atoms with Crippen LogP contribution in [-0.4, -0.2) is 26.1 Å². The molecule has 1 rings (SSSR count). The van der Waals surface area contributed by atoms with Crippen molar-refractivity contribution >= 4 is 5.97 Å². The van der Waals surface area contributed by atoms with E-state index in [1.807, 2.05) is 27.7 Å². The second-order valence-electron chi connectivity index (χ2n) is 3.98. The largest absolute Gasteiger partial charge is 0.476 e. The molecule has 5 heteroatoms. The fourth-order valence-electron chi connectivity index (χ4n) is 1.49. The van der Waals surface area contributed by atoms with Crippen LogP contribution in [0.1, 0.15) is 62.3 Å². The van der Waals surface area contributed by atoms with Gasteiger partial charge in [0.15, 0.2) is 5.69 Å². The average Bonchev–Trinajstić information content (AvgIpc) is 2.60. The third-order valence-electron chi connectivity index (χ3n) is 2.49. The zero-order valence-corrected chi connectivity index (χ0v) is 9.56. The minimum Gasteiger partial charge on any atom is -0.476 e. The van der Waals surface area contributed by atoms with E-state index in [-0.39, 0.29) is 17.7 Å². The van der Waals surface area contributed by atoms with Crippen molar-refractivity contribution in [2.24, 2.45) is 0 Å². The van der Waals surface area contributed by atoms with Gasteiger partial charge in [-0.25, -0.2) is 9.48 Å². The Morgan fingerprint density at radius 2 is 2.07 bits per heavy atom. The van der Waals surface area contributed by atoms with Gasteiger partial charge in [-0.1, -0.05) is 26.0 Å². The molecule has 84 valence electrons. The lowest BCUT2D eigenvalue weighted by molar-refractivity contribution is 0.0688. The highest BCUT2D eigenvalue weighted by molar-refractivity contribution is 5.86. The van der Waals surface area contributed by atoms with Crippen LogP contribution in [0.4, 0.5) is 0 Å². The molecule has 0 bridgehead atoms. The highest BCUT2D eigenvalue weighted by Gasteiger charge is 2.23. The number of rotatable bonds is 4. The summed E-state index contributed by atoms with van der Waals surface area (Å²) in [6, 6.07) is 0.183. The molecular weight excluding hydrogens is 194 g/mol. The summed E-state index contributed by atoms with van der Waals surface area (Å²) in [6.07, 6.45) is 0.905. The zero-order chi connectivity index (χ0) is 11.6. The number of hydrogen-bond acceptors (Lipinski definition) is 3. The van der Waals surface area contributed by atoms with Gasteiger partial charge in [0.25, 0.3) is 0 Å². The molecule has 0 spiro atoms. The molecule has 0 saturated heterocycles. The van der Waals surface area contributed by atoms with E-state index in [2.05, 4.69) is 10.3 Å². The lowest BCUT2D eigenvalue weighted by Crippen LogP contribution is -2.13. The summed E-state index contributed by atoms with van der Waals surface area (Å²) < 4.78 is 1.72. The zero-order valence-electron chi connectivity index (χ0n) is 9.56. The summed E-state index contributed by atoms with van der Waals surface area (Å²) in [5.74, 6) is -0.895. The van der Waals surface area contributed by atoms with Crippen LogP contribution >= 0.6 is 0 Å². The maximum Gasteiger partial charge on any atom is 0.358 e. The molecule has 1 heterocycles. The topological polar surface area (TPSA) is 68.0 Å². The van der Waals surface area contributed by atoms with Gasteiger partial charge in [0.05, 0.1) is 11.7 Å². The van der Waals surface area contributed by atoms with Crippen LogP contribution in [0.2, 0.25) is 0 Å². The lowest BCUT2D eigenvalue weighted by atomic mass is 10.1. The highest BCUT2D eigenvalue weighted by atomic mass is 16.4. The van der Waals surface area contributed by atoms with Gasteiger partial charge in [-0.3, -0.25) is 0 Å². The molecule has 1 aromatic rings. The predicted octanol–water partition coefficient (Wildman–Crippen LogP) is 2.07. The molecule has 1 atom stereocenters. The van der Waals surface area contributed by atoms with E-state index in [1.165, 1.54) is 0 Å². The summed E-state index contributed by atoms with van der Waals surface area (Å²) in [6.45, 7) is 7.94. The number of carbonyl (C=O) groups is 1. The van der Waals surface area contributed by atoms with Crippen LogP contribution in [0.5, 0.6) is 0 Å². The first-order chi connectivity index (χ1) is 6.99. The van der Waals surface area contributed by atoms with Gasteiger partial charge < -0.3 is 5.11 Å². The lowest BCUT2D eigenvalue weighted by Gasteiger charge is -2.14. The first kappa shape index (κ1) is 11.7. The molecule has 0 radical (unpaired) electrons. The van der Waals surface area contributed by atoms with E-state index in [4.69, 9.17) is 5.11 Å². The number of carboxylic acid groups (broad SMARTS) is 1. The van der Waals surface area contributed by atoms with E-state index >= 15 is 0 Å². The maximum atomic E-state index is 10.9. The first-order valence-electron chi connectivity index (χ1n) is 5.17. The average molecular weight is 211 g/mol. The van der Waals surface area contributed by atoms with Crippen LogP contribution in [0.25, 0.3) is 0 Å². The Labute approximate surface area is 89.1 Å². The standard InChI is InChI=1S/C10H17N3O2/c1-5-7(4)13-9(6(2)3)8(10(14)15)11-12-13/h6-7H,5H2,1-4H3,(H,14,15). The second-order valence-corrected chi connectivity index (χ2v) is 3.98. The molecule has 5 nitrogen and oxygen atoms in total. The third kappa shape index (κ3) is 2.16. The van der Waals surface area contributed by atoms with E-state index in [9.17, 15) is 4.79 Å². The molecule has 0 fully saturated rings. The Balaban J connectivity index is 3.24. The van der Waals surface area contributed by atoms with Crippen LogP contribution in [-0.2, 0) is 0 Å². The summed E-state index contributed by atoms with van der Waals surface area (Å²) in [5.41, 5.74) is 0.780. The Morgan fingerprint density at radius 1 is 1.47 bits per heavy atom. The Hall–Kier alpha value is -1.39. The Morgan fingerprint density at radius 3 is 2.47 bits per heavy atom. The van der Waals surface area contributed by atoms with Crippen molar-refractivity contribution in [2.75, 3.05) is 0 Å². The van der Waals surface area contributed by atoms with Crippen molar-refractivity contribution in [3.63, 3.8) is 0 Å². The van der Waals surface area contributed by atoms with Crippen molar-refractivity contribution in [1.82, 2.24) is 15.0 Å². The van der Waals surface area contributed by atoms with Gasteiger partial charge >= 0.3 is 5.97 Å². The first-order valence-corrected chi connectivity index (χ1v) is 5.17. The van der Waals surface area contributed by atoms with Crippen LogP contribution in [0.3, 0.4) is 0 Å². The second kappa shape index (κ2) is 4.42. The minimum atomic E-state index is -1.01. The van der Waals surface area contributed by atoms with E-state index in [0.717, 1.165) is 6.42 Å². The van der Waals surface area contributed by atoms with Crippen molar-refractivity contribution in [3.8, 4) is 0 Å². The number of hydrogen-bond donors (Lipinski definition) is 1. The van der Waals surface area contributed by atoms with Gasteiger partial charge in [-0.15, -0.1) is 5.10 Å². The van der Waals surface area contributed by atoms with Crippen LogP contribution < -0.4 is 0 Å². The van der Waals surface area contributed by atoms with Crippen molar-refractivity contribution in [3.05, 3.63) is 11.4 Å². The van der Waals surface area contributed by atoms with E-state index in [0.29, 0.717) is 5.69 Å². The summed E-state index contributed by atoms with van der Waals surface area (Å²) in [7, 11) is 0. The fraction of sp³-hybridized carbons (Fsp3) is 0.700. The molecule has 1 unspecified atom stereocenters. The van der Waals surface area contributed by atoms with Crippen LogP contribution in [0, 0.1) is 0 Å². The maximum absolute atomic E-state index is 10.9. The Kier molecular flexibility index (Phi) is 3.44. The normalized spacial score (nSPS) is 13.1. The molecule has 0 aliphatic carbocycles. The highest BCUT2D eigenvalue weighted by Crippen LogP contribution is 2.22. The number of nitrogens with zero attached hydrogens (tertiary/aromatic N) is 3. The SMILES string of the molecule is CCC(C)n1nnc(C(=O)O)c1C(C)C. The molecule has 0 aliphatic heterocycles. The number of aromatic carboxylic acids is 1. The summed E-state index contributed by atoms with van der Waals surface area (Å²) in [5, 5.41) is 16.6. The fourth-order valence-corrected chi connectivity index (χ4v) is 1.49. The monoisotopic (exact) mass is 211 g/mol. The van der Waals surface area contributed by atoms with Gasteiger partial charge in [-0.2, -0.15) is 0 Å². The van der Waals surface area contributed by atoms with Gasteiger partial charge in [0, 0.05) is 0 Å². The Bertz CT molecular complexity index is 358. The van der Waals surface area contributed by atoms with Crippen molar-refractivity contribution in [1.29, 1.82) is 0 Å². The molecule has 1 N–H and O–H groups in total. The molecular formula is C10H17N3O2. The molecule has 0 aliphatic rings. The van der Waals surface area contributed by atoms with E-state index in [1.54, 1.807) is 4.68 Å². The van der Waals surface area contributed by atoms with Gasteiger partial charge in [0.2, 0.25) is 0 Å². The summed E-state index contributed by atoms with van der Waals surface area (Å²) >= 11 is 0. The van der Waals surface area contributed by atoms with Crippen molar-refractivity contribution in [2.45, 2.75) is 46.1 Å². The quantitative estimate of drug-likeness (QED) is 0.827. The van der Waals surface area contributed by atoms with Gasteiger partial charge in [0.1, 0.15) is 0 Å². The number of aromatic nitrogens is 3. The summed E-state index contributed by atoms with van der Waals surface area (Å²) in [4.78, 5) is 10.9. The molecule has 0 saturated carbocycles. The van der Waals surface area contributed by atoms with E-state index < -0.39 is 5.97 Å². The predicted molar refractivity (Wildman–Crippen MR) is 56.1 cm³/mol. The van der Waals surface area contributed by atoms with Crippen LogP contribution in [0.15, 0.2) is 0 Å². The molecule has 1 aromatic heterocycles.